The summed E-state index contributed by atoms with van der Waals surface area (Å²) >= 11 is 0.693. The average Bonchev–Trinajstić information content (AvgIpc) is 2.96. The highest BCUT2D eigenvalue weighted by Gasteiger charge is 2.36. The zero-order valence-electron chi connectivity index (χ0n) is 16.3. The van der Waals surface area contributed by atoms with Gasteiger partial charge in [-0.3, -0.25) is 29.4 Å². The lowest BCUT2D eigenvalue weighted by Crippen LogP contribution is -2.36. The highest BCUT2D eigenvalue weighted by molar-refractivity contribution is 8.18. The van der Waals surface area contributed by atoms with Crippen molar-refractivity contribution in [1.29, 1.82) is 0 Å². The first-order valence-corrected chi connectivity index (χ1v) is 9.96. The highest BCUT2D eigenvalue weighted by atomic mass is 32.2. The second-order valence-corrected chi connectivity index (χ2v) is 7.94. The number of nitro groups is 1. The van der Waals surface area contributed by atoms with Gasteiger partial charge in [0.05, 0.1) is 9.83 Å². The van der Waals surface area contributed by atoms with E-state index in [1.54, 1.807) is 18.2 Å². The van der Waals surface area contributed by atoms with Gasteiger partial charge in [-0.25, -0.2) is 0 Å². The second kappa shape index (κ2) is 8.91. The Morgan fingerprint density at radius 2 is 1.90 bits per heavy atom. The maximum atomic E-state index is 12.5. The number of thioether (sulfide) groups is 1. The molecule has 0 bridgehead atoms. The third-order valence-electron chi connectivity index (χ3n) is 4.42. The molecule has 154 valence electrons. The molecule has 1 aliphatic rings. The number of nitro benzene ring substituents is 1. The van der Waals surface area contributed by atoms with Gasteiger partial charge < -0.3 is 5.32 Å². The average molecular weight is 425 g/mol. The molecule has 0 spiro atoms. The van der Waals surface area contributed by atoms with Crippen LogP contribution >= 0.6 is 11.8 Å². The van der Waals surface area contributed by atoms with Crippen molar-refractivity contribution < 1.29 is 19.3 Å². The zero-order chi connectivity index (χ0) is 21.8. The second-order valence-electron chi connectivity index (χ2n) is 6.94. The minimum atomic E-state index is -0.609. The van der Waals surface area contributed by atoms with Crippen molar-refractivity contribution in [1.82, 2.24) is 4.90 Å². The standard InChI is InChI=1S/C21H19N3O5S/c1-13(2)15-6-8-16(9-7-15)22-19(25)12-23-20(26)18(30-21(23)27)11-14-4-3-5-17(10-14)24(28)29/h3-11,13H,12H2,1-2H3,(H,22,25)/b18-11+. The van der Waals surface area contributed by atoms with Gasteiger partial charge in [0.1, 0.15) is 6.54 Å². The van der Waals surface area contributed by atoms with Gasteiger partial charge in [0.15, 0.2) is 0 Å². The number of imide groups is 1. The number of carbonyl (C=O) groups excluding carboxylic acids is 3. The van der Waals surface area contributed by atoms with Crippen molar-refractivity contribution in [3.63, 3.8) is 0 Å². The first-order valence-electron chi connectivity index (χ1n) is 9.14. The molecule has 1 aliphatic heterocycles. The Labute approximate surface area is 177 Å². The lowest BCUT2D eigenvalue weighted by Gasteiger charge is -2.13. The molecule has 0 saturated carbocycles. The smallest absolute Gasteiger partial charge is 0.294 e. The van der Waals surface area contributed by atoms with Crippen LogP contribution < -0.4 is 5.32 Å². The topological polar surface area (TPSA) is 110 Å². The zero-order valence-corrected chi connectivity index (χ0v) is 17.1. The normalized spacial score (nSPS) is 15.2. The van der Waals surface area contributed by atoms with Gasteiger partial charge in [-0.1, -0.05) is 38.1 Å². The van der Waals surface area contributed by atoms with Crippen molar-refractivity contribution in [3.05, 3.63) is 74.7 Å². The number of hydrogen-bond acceptors (Lipinski definition) is 6. The van der Waals surface area contributed by atoms with Crippen molar-refractivity contribution in [2.45, 2.75) is 19.8 Å². The van der Waals surface area contributed by atoms with E-state index >= 15 is 0 Å². The van der Waals surface area contributed by atoms with Crippen LogP contribution in [0.3, 0.4) is 0 Å². The monoisotopic (exact) mass is 425 g/mol. The maximum Gasteiger partial charge on any atom is 0.294 e. The van der Waals surface area contributed by atoms with Crippen molar-refractivity contribution in [2.75, 3.05) is 11.9 Å². The highest BCUT2D eigenvalue weighted by Crippen LogP contribution is 2.32. The third kappa shape index (κ3) is 4.93. The van der Waals surface area contributed by atoms with Crippen LogP contribution in [-0.4, -0.2) is 33.4 Å². The van der Waals surface area contributed by atoms with E-state index in [0.29, 0.717) is 28.9 Å². The quantitative estimate of drug-likeness (QED) is 0.417. The molecular formula is C21H19N3O5S. The van der Waals surface area contributed by atoms with Crippen LogP contribution in [0.5, 0.6) is 0 Å². The van der Waals surface area contributed by atoms with Gasteiger partial charge in [0, 0.05) is 17.8 Å². The minimum absolute atomic E-state index is 0.106. The SMILES string of the molecule is CC(C)c1ccc(NC(=O)CN2C(=O)S/C(=C/c3cccc([N+](=O)[O-])c3)C2=O)cc1. The van der Waals surface area contributed by atoms with E-state index in [9.17, 15) is 24.5 Å². The molecule has 1 N–H and O–H groups in total. The number of nitrogens with zero attached hydrogens (tertiary/aromatic N) is 2. The van der Waals surface area contributed by atoms with E-state index in [1.807, 2.05) is 12.1 Å². The van der Waals surface area contributed by atoms with Gasteiger partial charge in [-0.05, 0) is 47.0 Å². The van der Waals surface area contributed by atoms with E-state index in [0.717, 1.165) is 10.5 Å². The lowest BCUT2D eigenvalue weighted by atomic mass is 10.0. The Bertz CT molecular complexity index is 1050. The van der Waals surface area contributed by atoms with Gasteiger partial charge >= 0.3 is 0 Å². The number of rotatable bonds is 6. The molecule has 0 aliphatic carbocycles. The maximum absolute atomic E-state index is 12.5. The Balaban J connectivity index is 1.68. The molecule has 3 amide bonds. The predicted octanol–water partition coefficient (Wildman–Crippen LogP) is 4.39. The first kappa shape index (κ1) is 21.3. The summed E-state index contributed by atoms with van der Waals surface area (Å²) in [7, 11) is 0. The fourth-order valence-corrected chi connectivity index (χ4v) is 3.65. The summed E-state index contributed by atoms with van der Waals surface area (Å²) in [5, 5.41) is 13.0. The van der Waals surface area contributed by atoms with Crippen molar-refractivity contribution >= 4 is 46.3 Å². The summed E-state index contributed by atoms with van der Waals surface area (Å²) in [6.45, 7) is 3.71. The number of hydrogen-bond donors (Lipinski definition) is 1. The number of carbonyl (C=O) groups is 3. The molecule has 1 fully saturated rings. The van der Waals surface area contributed by atoms with Gasteiger partial charge in [-0.15, -0.1) is 0 Å². The van der Waals surface area contributed by atoms with Gasteiger partial charge in [0.25, 0.3) is 16.8 Å². The van der Waals surface area contributed by atoms with Crippen LogP contribution in [0.25, 0.3) is 6.08 Å². The number of non-ortho nitro benzene ring substituents is 1. The molecule has 2 aromatic carbocycles. The summed E-state index contributed by atoms with van der Waals surface area (Å²) in [6, 6.07) is 13.1. The van der Waals surface area contributed by atoms with Crippen LogP contribution in [0.15, 0.2) is 53.4 Å². The summed E-state index contributed by atoms with van der Waals surface area (Å²) < 4.78 is 0. The van der Waals surface area contributed by atoms with Crippen LogP contribution in [0, 0.1) is 10.1 Å². The molecule has 1 heterocycles. The number of anilines is 1. The van der Waals surface area contributed by atoms with Gasteiger partial charge in [0.2, 0.25) is 5.91 Å². The number of benzene rings is 2. The molecular weight excluding hydrogens is 406 g/mol. The Morgan fingerprint density at radius 3 is 2.53 bits per heavy atom. The lowest BCUT2D eigenvalue weighted by molar-refractivity contribution is -0.384. The minimum Gasteiger partial charge on any atom is -0.325 e. The fourth-order valence-electron chi connectivity index (χ4n) is 2.81. The Morgan fingerprint density at radius 1 is 1.20 bits per heavy atom. The molecule has 30 heavy (non-hydrogen) atoms. The molecule has 1 saturated heterocycles. The molecule has 0 aromatic heterocycles. The predicted molar refractivity (Wildman–Crippen MR) is 115 cm³/mol. The number of nitrogens with one attached hydrogen (secondary N) is 1. The van der Waals surface area contributed by atoms with Gasteiger partial charge in [-0.2, -0.15) is 0 Å². The van der Waals surface area contributed by atoms with Crippen LogP contribution in [0.4, 0.5) is 16.2 Å². The first-order chi connectivity index (χ1) is 14.2. The largest absolute Gasteiger partial charge is 0.325 e. The molecule has 8 nitrogen and oxygen atoms in total. The van der Waals surface area contributed by atoms with E-state index in [2.05, 4.69) is 19.2 Å². The molecule has 0 radical (unpaired) electrons. The van der Waals surface area contributed by atoms with E-state index < -0.39 is 28.5 Å². The van der Waals surface area contributed by atoms with Crippen LogP contribution in [0.1, 0.15) is 30.9 Å². The van der Waals surface area contributed by atoms with E-state index in [-0.39, 0.29) is 10.6 Å². The summed E-state index contributed by atoms with van der Waals surface area (Å²) in [4.78, 5) is 48.4. The number of amides is 3. The Kier molecular flexibility index (Phi) is 6.31. The van der Waals surface area contributed by atoms with Crippen molar-refractivity contribution in [3.8, 4) is 0 Å². The molecule has 9 heteroatoms. The summed E-state index contributed by atoms with van der Waals surface area (Å²) in [6.07, 6.45) is 1.40. The molecule has 2 aromatic rings. The molecule has 0 atom stereocenters. The summed E-state index contributed by atoms with van der Waals surface area (Å²) in [5.74, 6) is -0.740. The Hall–Kier alpha value is -3.46. The van der Waals surface area contributed by atoms with E-state index in [1.165, 1.54) is 24.3 Å². The molecule has 0 unspecified atom stereocenters. The van der Waals surface area contributed by atoms with E-state index in [4.69, 9.17) is 0 Å². The van der Waals surface area contributed by atoms with Crippen LogP contribution in [-0.2, 0) is 9.59 Å². The van der Waals surface area contributed by atoms with Crippen molar-refractivity contribution in [2.24, 2.45) is 0 Å². The fraction of sp³-hybridized carbons (Fsp3) is 0.190. The summed E-state index contributed by atoms with van der Waals surface area (Å²) in [5.41, 5.74) is 2.00. The third-order valence-corrected chi connectivity index (χ3v) is 5.32. The molecule has 3 rings (SSSR count). The van der Waals surface area contributed by atoms with Crippen LogP contribution in [0.2, 0.25) is 0 Å².